The van der Waals surface area contributed by atoms with Gasteiger partial charge in [0.25, 0.3) is 0 Å². The summed E-state index contributed by atoms with van der Waals surface area (Å²) in [5.74, 6) is 0.996. The number of anilines is 2. The second-order valence-electron chi connectivity index (χ2n) is 3.48. The van der Waals surface area contributed by atoms with Crippen molar-refractivity contribution in [2.45, 2.75) is 19.4 Å². The lowest BCUT2D eigenvalue weighted by molar-refractivity contribution is 0.0615. The lowest BCUT2D eigenvalue weighted by Crippen LogP contribution is -2.18. The smallest absolute Gasteiger partial charge is 0.197 e. The highest BCUT2D eigenvalue weighted by molar-refractivity contribution is 7.11. The maximum absolute atomic E-state index is 9.47. The Bertz CT molecular complexity index is 333. The van der Waals surface area contributed by atoms with Crippen LogP contribution in [0.1, 0.15) is 13.3 Å². The van der Waals surface area contributed by atoms with Gasteiger partial charge in [0.2, 0.25) is 0 Å². The van der Waals surface area contributed by atoms with Gasteiger partial charge in [-0.25, -0.2) is 0 Å². The number of aromatic nitrogens is 1. The largest absolute Gasteiger partial charge is 0.487 e. The summed E-state index contributed by atoms with van der Waals surface area (Å²) in [5.41, 5.74) is 5.67. The van der Waals surface area contributed by atoms with Crippen LogP contribution >= 0.6 is 11.5 Å². The van der Waals surface area contributed by atoms with Crippen molar-refractivity contribution in [2.24, 2.45) is 0 Å². The monoisotopic (exact) mass is 261 g/mol. The van der Waals surface area contributed by atoms with Crippen LogP contribution in [0.2, 0.25) is 0 Å². The molecule has 0 aliphatic rings. The molecule has 4 N–H and O–H groups in total. The van der Waals surface area contributed by atoms with Gasteiger partial charge in [0, 0.05) is 13.7 Å². The van der Waals surface area contributed by atoms with Gasteiger partial charge in [0.1, 0.15) is 0 Å². The summed E-state index contributed by atoms with van der Waals surface area (Å²) in [6.45, 7) is 3.39. The highest BCUT2D eigenvalue weighted by Gasteiger charge is 2.12. The Labute approximate surface area is 105 Å². The molecule has 0 aromatic carbocycles. The first kappa shape index (κ1) is 14.0. The third-order valence-corrected chi connectivity index (χ3v) is 2.89. The number of hydrogen-bond donors (Lipinski definition) is 3. The number of nitrogens with one attached hydrogen (secondary N) is 1. The molecule has 1 rings (SSSR count). The topological polar surface area (TPSA) is 89.6 Å². The number of methoxy groups -OCH3 is 1. The van der Waals surface area contributed by atoms with Crippen LogP contribution in [0, 0.1) is 0 Å². The molecule has 17 heavy (non-hydrogen) atoms. The molecule has 6 nitrogen and oxygen atoms in total. The molecule has 1 atom stereocenters. The van der Waals surface area contributed by atoms with Crippen LogP contribution in [0.4, 0.5) is 10.8 Å². The minimum absolute atomic E-state index is 0.338. The van der Waals surface area contributed by atoms with Gasteiger partial charge in [-0.15, -0.1) is 0 Å². The molecule has 98 valence electrons. The van der Waals surface area contributed by atoms with E-state index >= 15 is 0 Å². The lowest BCUT2D eigenvalue weighted by Gasteiger charge is -2.10. The van der Waals surface area contributed by atoms with Crippen LogP contribution in [0.15, 0.2) is 0 Å². The Balaban J connectivity index is 2.40. The molecule has 0 saturated carbocycles. The van der Waals surface area contributed by atoms with E-state index in [0.717, 1.165) is 5.00 Å². The van der Waals surface area contributed by atoms with Crippen LogP contribution in [0.5, 0.6) is 5.75 Å². The summed E-state index contributed by atoms with van der Waals surface area (Å²) >= 11 is 1.26. The Hall–Kier alpha value is -1.05. The quantitative estimate of drug-likeness (QED) is 0.645. The number of aliphatic hydroxyl groups is 1. The molecular weight excluding hydrogens is 242 g/mol. The zero-order valence-electron chi connectivity index (χ0n) is 10.1. The van der Waals surface area contributed by atoms with Crippen molar-refractivity contribution in [3.63, 3.8) is 0 Å². The maximum Gasteiger partial charge on any atom is 0.197 e. The van der Waals surface area contributed by atoms with Crippen molar-refractivity contribution in [3.05, 3.63) is 0 Å². The van der Waals surface area contributed by atoms with Gasteiger partial charge in [-0.05, 0) is 24.9 Å². The summed E-state index contributed by atoms with van der Waals surface area (Å²) in [5, 5.41) is 13.4. The first-order valence-electron chi connectivity index (χ1n) is 5.47. The average Bonchev–Trinajstić information content (AvgIpc) is 2.62. The van der Waals surface area contributed by atoms with Crippen LogP contribution in [0.3, 0.4) is 0 Å². The molecule has 1 unspecified atom stereocenters. The summed E-state index contributed by atoms with van der Waals surface area (Å²) in [7, 11) is 1.56. The van der Waals surface area contributed by atoms with Gasteiger partial charge in [-0.2, -0.15) is 4.37 Å². The fourth-order valence-electron chi connectivity index (χ4n) is 1.32. The van der Waals surface area contributed by atoms with E-state index in [1.54, 1.807) is 7.11 Å². The maximum atomic E-state index is 9.47. The third kappa shape index (κ3) is 4.37. The molecule has 0 aliphatic heterocycles. The minimum Gasteiger partial charge on any atom is -0.487 e. The number of aliphatic hydroxyl groups excluding tert-OH is 1. The molecular formula is C10H19N3O3S. The molecule has 0 bridgehead atoms. The predicted octanol–water partition coefficient (Wildman–Crippen LogP) is 0.933. The normalized spacial score (nSPS) is 12.4. The Morgan fingerprint density at radius 1 is 1.59 bits per heavy atom. The zero-order valence-corrected chi connectivity index (χ0v) is 10.9. The van der Waals surface area contributed by atoms with Crippen molar-refractivity contribution in [3.8, 4) is 5.75 Å². The van der Waals surface area contributed by atoms with E-state index in [-0.39, 0.29) is 0 Å². The molecule has 0 spiro atoms. The van der Waals surface area contributed by atoms with E-state index in [4.69, 9.17) is 15.2 Å². The molecule has 7 heteroatoms. The van der Waals surface area contributed by atoms with Gasteiger partial charge in [-0.1, -0.05) is 0 Å². The SMILES string of the molecule is CCOc1c(N)nsc1NCCC(O)COC. The zero-order chi connectivity index (χ0) is 12.7. The highest BCUT2D eigenvalue weighted by atomic mass is 32.1. The molecule has 1 aromatic heterocycles. The van der Waals surface area contributed by atoms with Crippen LogP contribution in [0.25, 0.3) is 0 Å². The van der Waals surface area contributed by atoms with Crippen molar-refractivity contribution in [1.82, 2.24) is 4.37 Å². The molecule has 1 heterocycles. The number of nitrogen functional groups attached to an aromatic ring is 1. The summed E-state index contributed by atoms with van der Waals surface area (Å²) in [6, 6.07) is 0. The second-order valence-corrected chi connectivity index (χ2v) is 4.26. The number of nitrogens with two attached hydrogens (primary N) is 1. The minimum atomic E-state index is -0.465. The molecule has 1 aromatic rings. The van der Waals surface area contributed by atoms with Crippen LogP contribution in [-0.4, -0.2) is 42.5 Å². The average molecular weight is 261 g/mol. The van der Waals surface area contributed by atoms with Gasteiger partial charge < -0.3 is 25.6 Å². The van der Waals surface area contributed by atoms with E-state index in [1.807, 2.05) is 6.92 Å². The Morgan fingerprint density at radius 3 is 3.00 bits per heavy atom. The van der Waals surface area contributed by atoms with Crippen molar-refractivity contribution in [1.29, 1.82) is 0 Å². The number of rotatable bonds is 8. The highest BCUT2D eigenvalue weighted by Crippen LogP contribution is 2.34. The first-order chi connectivity index (χ1) is 8.19. The van der Waals surface area contributed by atoms with Crippen molar-refractivity contribution < 1.29 is 14.6 Å². The molecule has 0 fully saturated rings. The van der Waals surface area contributed by atoms with E-state index in [9.17, 15) is 5.11 Å². The van der Waals surface area contributed by atoms with E-state index < -0.39 is 6.10 Å². The summed E-state index contributed by atoms with van der Waals surface area (Å²) < 4.78 is 14.2. The van der Waals surface area contributed by atoms with E-state index in [1.165, 1.54) is 11.5 Å². The Morgan fingerprint density at radius 2 is 2.35 bits per heavy atom. The van der Waals surface area contributed by atoms with Crippen LogP contribution in [-0.2, 0) is 4.74 Å². The molecule has 0 aliphatic carbocycles. The van der Waals surface area contributed by atoms with E-state index in [0.29, 0.717) is 37.7 Å². The number of hydrogen-bond acceptors (Lipinski definition) is 7. The van der Waals surface area contributed by atoms with Gasteiger partial charge >= 0.3 is 0 Å². The Kier molecular flexibility index (Phi) is 6.03. The number of nitrogens with zero attached hydrogens (tertiary/aromatic N) is 1. The standard InChI is InChI=1S/C10H19N3O3S/c1-3-16-8-9(11)13-17-10(8)12-5-4-7(14)6-15-2/h7,12,14H,3-6H2,1-2H3,(H2,11,13). The van der Waals surface area contributed by atoms with Crippen LogP contribution < -0.4 is 15.8 Å². The first-order valence-corrected chi connectivity index (χ1v) is 6.25. The van der Waals surface area contributed by atoms with Gasteiger partial charge in [0.05, 0.1) is 19.3 Å². The second kappa shape index (κ2) is 7.31. The fourth-order valence-corrected chi connectivity index (χ4v) is 2.00. The van der Waals surface area contributed by atoms with Crippen molar-refractivity contribution >= 4 is 22.4 Å². The van der Waals surface area contributed by atoms with Gasteiger partial charge in [0.15, 0.2) is 16.6 Å². The predicted molar refractivity (Wildman–Crippen MR) is 68.7 cm³/mol. The summed E-state index contributed by atoms with van der Waals surface area (Å²) in [4.78, 5) is 0. The number of ether oxygens (including phenoxy) is 2. The third-order valence-electron chi connectivity index (χ3n) is 2.08. The fraction of sp³-hybridized carbons (Fsp3) is 0.700. The van der Waals surface area contributed by atoms with E-state index in [2.05, 4.69) is 9.69 Å². The summed E-state index contributed by atoms with van der Waals surface area (Å²) in [6.07, 6.45) is 0.130. The molecule has 0 saturated heterocycles. The van der Waals surface area contributed by atoms with Crippen molar-refractivity contribution in [2.75, 3.05) is 37.9 Å². The van der Waals surface area contributed by atoms with Gasteiger partial charge in [-0.3, -0.25) is 0 Å². The molecule has 0 amide bonds. The molecule has 0 radical (unpaired) electrons. The lowest BCUT2D eigenvalue weighted by atomic mass is 10.3.